The van der Waals surface area contributed by atoms with Gasteiger partial charge in [0.2, 0.25) is 0 Å². The quantitative estimate of drug-likeness (QED) is 0.534. The molecule has 1 aliphatic rings. The smallest absolute Gasteiger partial charge is 0.343 e. The summed E-state index contributed by atoms with van der Waals surface area (Å²) in [4.78, 5) is 27.1. The van der Waals surface area contributed by atoms with Crippen molar-refractivity contribution in [1.29, 1.82) is 0 Å². The summed E-state index contributed by atoms with van der Waals surface area (Å²) >= 11 is 6.39. The predicted octanol–water partition coefficient (Wildman–Crippen LogP) is 3.53. The fourth-order valence-corrected chi connectivity index (χ4v) is 3.94. The molecule has 0 atom stereocenters. The van der Waals surface area contributed by atoms with Gasteiger partial charge in [0.05, 0.1) is 25.5 Å². The van der Waals surface area contributed by atoms with Gasteiger partial charge < -0.3 is 19.7 Å². The summed E-state index contributed by atoms with van der Waals surface area (Å²) in [6.07, 6.45) is 0. The van der Waals surface area contributed by atoms with Crippen LogP contribution in [0.25, 0.3) is 0 Å². The second-order valence-electron chi connectivity index (χ2n) is 7.67. The van der Waals surface area contributed by atoms with E-state index in [4.69, 9.17) is 21.1 Å². The Labute approximate surface area is 197 Å². The second-order valence-corrected chi connectivity index (χ2v) is 8.02. The lowest BCUT2D eigenvalue weighted by Gasteiger charge is -2.28. The third kappa shape index (κ3) is 5.71. The van der Waals surface area contributed by atoms with E-state index >= 15 is 0 Å². The van der Waals surface area contributed by atoms with Crippen LogP contribution in [0.15, 0.2) is 54.6 Å². The van der Waals surface area contributed by atoms with Gasteiger partial charge in [-0.2, -0.15) is 5.10 Å². The Bertz CT molecular complexity index is 1110. The van der Waals surface area contributed by atoms with Gasteiger partial charge in [-0.05, 0) is 36.8 Å². The molecule has 1 N–H and O–H groups in total. The van der Waals surface area contributed by atoms with E-state index in [0.717, 1.165) is 24.3 Å². The maximum absolute atomic E-state index is 12.6. The molecule has 2 aromatic carbocycles. The number of ether oxygens (including phenoxy) is 2. The Morgan fingerprint density at radius 1 is 1.09 bits per heavy atom. The summed E-state index contributed by atoms with van der Waals surface area (Å²) in [5, 5.41) is 7.25. The minimum absolute atomic E-state index is 0.162. The molecule has 0 unspecified atom stereocenters. The first kappa shape index (κ1) is 22.8. The zero-order valence-corrected chi connectivity index (χ0v) is 19.0. The summed E-state index contributed by atoms with van der Waals surface area (Å²) in [5.41, 5.74) is 3.30. The molecule has 0 bridgehead atoms. The van der Waals surface area contributed by atoms with Crippen molar-refractivity contribution in [2.75, 3.05) is 43.1 Å². The molecule has 1 fully saturated rings. The van der Waals surface area contributed by atoms with Crippen LogP contribution < -0.4 is 10.2 Å². The number of rotatable bonds is 7. The van der Waals surface area contributed by atoms with Crippen LogP contribution in [-0.2, 0) is 20.8 Å². The van der Waals surface area contributed by atoms with Crippen LogP contribution in [0.4, 0.5) is 11.4 Å². The fourth-order valence-electron chi connectivity index (χ4n) is 3.62. The number of esters is 1. The van der Waals surface area contributed by atoms with Crippen LogP contribution >= 0.6 is 11.6 Å². The highest BCUT2D eigenvalue weighted by molar-refractivity contribution is 6.32. The largest absolute Gasteiger partial charge is 0.452 e. The minimum atomic E-state index is -0.686. The first-order valence-corrected chi connectivity index (χ1v) is 11.1. The van der Waals surface area contributed by atoms with E-state index in [1.165, 1.54) is 0 Å². The van der Waals surface area contributed by atoms with Crippen molar-refractivity contribution in [2.45, 2.75) is 13.5 Å². The Hall–Kier alpha value is -3.36. The molecule has 8 nitrogen and oxygen atoms in total. The molecular weight excluding hydrogens is 444 g/mol. The molecule has 0 radical (unpaired) electrons. The number of aromatic nitrogens is 2. The van der Waals surface area contributed by atoms with Gasteiger partial charge in [-0.3, -0.25) is 4.79 Å². The van der Waals surface area contributed by atoms with Crippen molar-refractivity contribution >= 4 is 34.9 Å². The van der Waals surface area contributed by atoms with Crippen molar-refractivity contribution in [1.82, 2.24) is 9.78 Å². The van der Waals surface area contributed by atoms with E-state index in [9.17, 15) is 9.59 Å². The zero-order chi connectivity index (χ0) is 23.2. The molecule has 2 heterocycles. The summed E-state index contributed by atoms with van der Waals surface area (Å²) in [7, 11) is 0. The molecule has 1 aromatic heterocycles. The lowest BCUT2D eigenvalue weighted by molar-refractivity contribution is -0.119. The van der Waals surface area contributed by atoms with Gasteiger partial charge in [-0.1, -0.05) is 41.9 Å². The fraction of sp³-hybridized carbons (Fsp3) is 0.292. The minimum Gasteiger partial charge on any atom is -0.452 e. The van der Waals surface area contributed by atoms with E-state index in [0.29, 0.717) is 31.1 Å². The van der Waals surface area contributed by atoms with Crippen molar-refractivity contribution in [3.05, 3.63) is 76.6 Å². The second kappa shape index (κ2) is 10.5. The Balaban J connectivity index is 1.31. The first-order valence-electron chi connectivity index (χ1n) is 10.7. The molecule has 1 amide bonds. The van der Waals surface area contributed by atoms with Gasteiger partial charge in [0.25, 0.3) is 5.91 Å². The van der Waals surface area contributed by atoms with Crippen LogP contribution in [0.1, 0.15) is 21.6 Å². The number of amides is 1. The normalized spacial score (nSPS) is 13.6. The van der Waals surface area contributed by atoms with Crippen molar-refractivity contribution in [3.63, 3.8) is 0 Å². The average molecular weight is 469 g/mol. The maximum atomic E-state index is 12.6. The predicted molar refractivity (Wildman–Crippen MR) is 126 cm³/mol. The molecule has 33 heavy (non-hydrogen) atoms. The number of hydrogen-bond donors (Lipinski definition) is 1. The van der Waals surface area contributed by atoms with Gasteiger partial charge >= 0.3 is 5.97 Å². The van der Waals surface area contributed by atoms with Crippen LogP contribution in [0.2, 0.25) is 5.15 Å². The number of morpholine rings is 1. The van der Waals surface area contributed by atoms with Crippen molar-refractivity contribution in [3.8, 4) is 0 Å². The van der Waals surface area contributed by atoms with Crippen molar-refractivity contribution < 1.29 is 19.1 Å². The third-order valence-corrected chi connectivity index (χ3v) is 5.69. The number of aryl methyl sites for hydroxylation is 1. The summed E-state index contributed by atoms with van der Waals surface area (Å²) in [6, 6.07) is 17.2. The number of carbonyl (C=O) groups is 2. The monoisotopic (exact) mass is 468 g/mol. The third-order valence-electron chi connectivity index (χ3n) is 5.31. The molecule has 1 saturated heterocycles. The number of nitrogens with zero attached hydrogens (tertiary/aromatic N) is 3. The lowest BCUT2D eigenvalue weighted by atomic mass is 10.2. The topological polar surface area (TPSA) is 85.7 Å². The SMILES string of the molecule is Cc1nn(Cc2ccccc2)c(Cl)c1C(=O)OCC(=O)Nc1ccc(N2CCOCC2)cc1. The molecule has 3 aromatic rings. The number of nitrogens with one attached hydrogen (secondary N) is 1. The number of halogens is 1. The Morgan fingerprint density at radius 3 is 2.48 bits per heavy atom. The summed E-state index contributed by atoms with van der Waals surface area (Å²) in [5.74, 6) is -1.12. The van der Waals surface area contributed by atoms with E-state index in [2.05, 4.69) is 15.3 Å². The van der Waals surface area contributed by atoms with Gasteiger partial charge in [0.15, 0.2) is 6.61 Å². The van der Waals surface area contributed by atoms with Gasteiger partial charge in [0, 0.05) is 24.5 Å². The lowest BCUT2D eigenvalue weighted by Crippen LogP contribution is -2.36. The molecule has 9 heteroatoms. The van der Waals surface area contributed by atoms with E-state index in [1.807, 2.05) is 54.6 Å². The van der Waals surface area contributed by atoms with Gasteiger partial charge in [0.1, 0.15) is 10.7 Å². The zero-order valence-electron chi connectivity index (χ0n) is 18.3. The van der Waals surface area contributed by atoms with Gasteiger partial charge in [-0.15, -0.1) is 0 Å². The number of benzene rings is 2. The van der Waals surface area contributed by atoms with Crippen LogP contribution in [-0.4, -0.2) is 54.6 Å². The molecule has 1 aliphatic heterocycles. The number of anilines is 2. The van der Waals surface area contributed by atoms with E-state index in [1.54, 1.807) is 11.6 Å². The van der Waals surface area contributed by atoms with Crippen LogP contribution in [0.5, 0.6) is 0 Å². The first-order chi connectivity index (χ1) is 16.0. The van der Waals surface area contributed by atoms with E-state index < -0.39 is 18.5 Å². The Morgan fingerprint density at radius 2 is 1.79 bits per heavy atom. The van der Waals surface area contributed by atoms with E-state index in [-0.39, 0.29) is 10.7 Å². The highest BCUT2D eigenvalue weighted by Crippen LogP contribution is 2.22. The highest BCUT2D eigenvalue weighted by Gasteiger charge is 2.22. The molecule has 4 rings (SSSR count). The van der Waals surface area contributed by atoms with Crippen LogP contribution in [0, 0.1) is 6.92 Å². The standard InChI is InChI=1S/C24H25ClN4O4/c1-17-22(23(25)29(27-17)15-18-5-3-2-4-6-18)24(31)33-16-21(30)26-19-7-9-20(10-8-19)28-11-13-32-14-12-28/h2-10H,11-16H2,1H3,(H,26,30). The summed E-state index contributed by atoms with van der Waals surface area (Å²) in [6.45, 7) is 4.77. The van der Waals surface area contributed by atoms with Gasteiger partial charge in [-0.25, -0.2) is 9.48 Å². The molecule has 0 spiro atoms. The van der Waals surface area contributed by atoms with Crippen molar-refractivity contribution in [2.24, 2.45) is 0 Å². The molecule has 0 saturated carbocycles. The molecule has 172 valence electrons. The van der Waals surface area contributed by atoms with Crippen LogP contribution in [0.3, 0.4) is 0 Å². The number of hydrogen-bond acceptors (Lipinski definition) is 6. The molecular formula is C24H25ClN4O4. The summed E-state index contributed by atoms with van der Waals surface area (Å²) < 4.78 is 12.1. The Kier molecular flexibility index (Phi) is 7.26. The highest BCUT2D eigenvalue weighted by atomic mass is 35.5. The molecule has 0 aliphatic carbocycles. The number of carbonyl (C=O) groups excluding carboxylic acids is 2. The maximum Gasteiger partial charge on any atom is 0.343 e. The average Bonchev–Trinajstić information content (AvgIpc) is 3.12.